The summed E-state index contributed by atoms with van der Waals surface area (Å²) in [7, 11) is 0. The fraction of sp³-hybridized carbons (Fsp3) is 0.0769. The van der Waals surface area contributed by atoms with Gasteiger partial charge in [0.2, 0.25) is 5.13 Å². The van der Waals surface area contributed by atoms with Crippen LogP contribution in [-0.2, 0) is 6.18 Å². The fourth-order valence-electron chi connectivity index (χ4n) is 1.98. The summed E-state index contributed by atoms with van der Waals surface area (Å²) in [6.45, 7) is 0. The van der Waals surface area contributed by atoms with Gasteiger partial charge in [-0.05, 0) is 12.1 Å². The highest BCUT2D eigenvalue weighted by Gasteiger charge is 2.36. The molecule has 5 N–H and O–H groups in total. The molecule has 0 atom stereocenters. The van der Waals surface area contributed by atoms with E-state index in [0.29, 0.717) is 11.3 Å². The predicted octanol–water partition coefficient (Wildman–Crippen LogP) is 3.58. The summed E-state index contributed by atoms with van der Waals surface area (Å²) in [4.78, 5) is 23.8. The quantitative estimate of drug-likeness (QED) is 0.442. The maximum Gasteiger partial charge on any atom is 0.419 e. The second-order valence-electron chi connectivity index (χ2n) is 4.79. The lowest BCUT2D eigenvalue weighted by atomic mass is 10.2. The Morgan fingerprint density at radius 3 is 2.65 bits per heavy atom. The molecule has 13 heteroatoms. The Hall–Kier alpha value is -2.44. The van der Waals surface area contributed by atoms with Crippen molar-refractivity contribution in [3.05, 3.63) is 33.8 Å². The van der Waals surface area contributed by atoms with Crippen molar-refractivity contribution in [2.45, 2.75) is 6.18 Å². The Morgan fingerprint density at radius 1 is 1.27 bits per heavy atom. The molecule has 0 aliphatic rings. The monoisotopic (exact) mass is 420 g/mol. The SMILES string of the molecule is NC(N)=Nc1nc(C(=O)Nc2nc3ccc(Cl)c(C(F)(F)F)c3s2)cs1. The van der Waals surface area contributed by atoms with E-state index in [1.54, 1.807) is 0 Å². The zero-order valence-electron chi connectivity index (χ0n) is 12.5. The molecule has 0 spiro atoms. The largest absolute Gasteiger partial charge is 0.419 e. The zero-order valence-corrected chi connectivity index (χ0v) is 14.9. The number of anilines is 1. The van der Waals surface area contributed by atoms with Crippen LogP contribution < -0.4 is 16.8 Å². The van der Waals surface area contributed by atoms with E-state index in [1.165, 1.54) is 11.4 Å². The lowest BCUT2D eigenvalue weighted by molar-refractivity contribution is -0.136. The molecule has 0 aliphatic carbocycles. The molecule has 136 valence electrons. The molecule has 1 amide bonds. The average molecular weight is 421 g/mol. The number of amides is 1. The van der Waals surface area contributed by atoms with Crippen LogP contribution in [0.3, 0.4) is 0 Å². The first-order valence-electron chi connectivity index (χ1n) is 6.68. The van der Waals surface area contributed by atoms with Crippen LogP contribution in [0.4, 0.5) is 23.4 Å². The van der Waals surface area contributed by atoms with Crippen molar-refractivity contribution in [1.29, 1.82) is 0 Å². The minimum atomic E-state index is -4.64. The molecule has 2 aromatic heterocycles. The topological polar surface area (TPSA) is 119 Å². The highest BCUT2D eigenvalue weighted by Crippen LogP contribution is 2.42. The molecule has 0 saturated carbocycles. The van der Waals surface area contributed by atoms with Crippen molar-refractivity contribution in [2.75, 3.05) is 5.32 Å². The number of nitrogens with one attached hydrogen (secondary N) is 1. The summed E-state index contributed by atoms with van der Waals surface area (Å²) in [6, 6.07) is 2.46. The van der Waals surface area contributed by atoms with E-state index in [1.807, 2.05) is 0 Å². The molecule has 0 saturated heterocycles. The molecule has 0 aliphatic heterocycles. The lowest BCUT2D eigenvalue weighted by Gasteiger charge is -2.08. The normalized spacial score (nSPS) is 11.5. The van der Waals surface area contributed by atoms with Crippen LogP contribution in [0.15, 0.2) is 22.5 Å². The van der Waals surface area contributed by atoms with Gasteiger partial charge in [-0.15, -0.1) is 11.3 Å². The number of fused-ring (bicyclic) bond motifs is 1. The minimum absolute atomic E-state index is 0.00309. The number of aliphatic imine (C=N–C) groups is 1. The van der Waals surface area contributed by atoms with E-state index < -0.39 is 22.7 Å². The number of hydrogen-bond donors (Lipinski definition) is 3. The Labute approximate surface area is 156 Å². The average Bonchev–Trinajstić information content (AvgIpc) is 3.11. The summed E-state index contributed by atoms with van der Waals surface area (Å²) in [5.74, 6) is -0.869. The summed E-state index contributed by atoms with van der Waals surface area (Å²) < 4.78 is 39.4. The number of halogens is 4. The Balaban J connectivity index is 1.91. The van der Waals surface area contributed by atoms with Crippen molar-refractivity contribution in [2.24, 2.45) is 16.5 Å². The third kappa shape index (κ3) is 3.71. The molecule has 26 heavy (non-hydrogen) atoms. The van der Waals surface area contributed by atoms with Crippen LogP contribution in [0, 0.1) is 0 Å². The zero-order chi connectivity index (χ0) is 19.1. The first kappa shape index (κ1) is 18.4. The number of benzene rings is 1. The molecule has 3 rings (SSSR count). The number of guanidine groups is 1. The van der Waals surface area contributed by atoms with Gasteiger partial charge >= 0.3 is 6.18 Å². The third-order valence-corrected chi connectivity index (χ3v) is 5.01. The van der Waals surface area contributed by atoms with Gasteiger partial charge in [-0.25, -0.2) is 9.97 Å². The molecule has 3 aromatic rings. The Morgan fingerprint density at radius 2 is 2.00 bits per heavy atom. The van der Waals surface area contributed by atoms with Crippen molar-refractivity contribution in [1.82, 2.24) is 9.97 Å². The van der Waals surface area contributed by atoms with Crippen LogP contribution in [0.2, 0.25) is 5.02 Å². The van der Waals surface area contributed by atoms with E-state index in [9.17, 15) is 18.0 Å². The smallest absolute Gasteiger partial charge is 0.370 e. The summed E-state index contributed by atoms with van der Waals surface area (Å²) >= 11 is 7.37. The highest BCUT2D eigenvalue weighted by molar-refractivity contribution is 7.22. The third-order valence-electron chi connectivity index (χ3n) is 2.96. The van der Waals surface area contributed by atoms with Gasteiger partial charge < -0.3 is 11.5 Å². The van der Waals surface area contributed by atoms with Gasteiger partial charge in [-0.1, -0.05) is 22.9 Å². The number of thiazole rings is 2. The maximum absolute atomic E-state index is 13.2. The van der Waals surface area contributed by atoms with Gasteiger partial charge in [0.25, 0.3) is 5.91 Å². The molecular weight excluding hydrogens is 413 g/mol. The Bertz CT molecular complexity index is 1020. The number of nitrogens with two attached hydrogens (primary N) is 2. The first-order valence-corrected chi connectivity index (χ1v) is 8.75. The van der Waals surface area contributed by atoms with Gasteiger partial charge in [0, 0.05) is 5.38 Å². The first-order chi connectivity index (χ1) is 12.1. The second-order valence-corrected chi connectivity index (χ2v) is 7.04. The van der Waals surface area contributed by atoms with Crippen molar-refractivity contribution < 1.29 is 18.0 Å². The van der Waals surface area contributed by atoms with Crippen LogP contribution in [0.5, 0.6) is 0 Å². The molecule has 0 fully saturated rings. The van der Waals surface area contributed by atoms with Crippen molar-refractivity contribution in [3.63, 3.8) is 0 Å². The molecular formula is C13H8ClF3N6OS2. The number of hydrogen-bond acceptors (Lipinski definition) is 6. The van der Waals surface area contributed by atoms with Crippen molar-refractivity contribution in [3.8, 4) is 0 Å². The maximum atomic E-state index is 13.2. The van der Waals surface area contributed by atoms with Crippen LogP contribution in [0.1, 0.15) is 16.1 Å². The Kier molecular flexibility index (Phi) is 4.73. The van der Waals surface area contributed by atoms with Crippen LogP contribution in [0.25, 0.3) is 10.2 Å². The summed E-state index contributed by atoms with van der Waals surface area (Å²) in [5.41, 5.74) is 9.53. The number of nitrogens with zero attached hydrogens (tertiary/aromatic N) is 3. The number of carbonyl (C=O) groups is 1. The van der Waals surface area contributed by atoms with Gasteiger partial charge in [0.1, 0.15) is 5.69 Å². The molecule has 7 nitrogen and oxygen atoms in total. The highest BCUT2D eigenvalue weighted by atomic mass is 35.5. The van der Waals surface area contributed by atoms with Crippen molar-refractivity contribution >= 4 is 66.6 Å². The number of alkyl halides is 3. The standard InChI is InChI=1S/C13H8ClF3N6OS2/c14-4-1-2-5-8(7(4)13(15,16)17)26-12(20-5)22-9(24)6-3-25-11(21-6)23-10(18)19/h1-3H,(H,20,22,24)(H4,18,19,21,23). The van der Waals surface area contributed by atoms with E-state index in [0.717, 1.165) is 17.4 Å². The van der Waals surface area contributed by atoms with Gasteiger partial charge in [0.15, 0.2) is 11.1 Å². The fourth-order valence-corrected chi connectivity index (χ4v) is 4.01. The predicted molar refractivity (Wildman–Crippen MR) is 95.2 cm³/mol. The molecule has 2 heterocycles. The molecule has 0 unspecified atom stereocenters. The minimum Gasteiger partial charge on any atom is -0.370 e. The molecule has 1 aromatic carbocycles. The van der Waals surface area contributed by atoms with Crippen LogP contribution >= 0.6 is 34.3 Å². The van der Waals surface area contributed by atoms with Crippen LogP contribution in [-0.4, -0.2) is 21.8 Å². The number of rotatable bonds is 3. The molecule has 0 radical (unpaired) electrons. The van der Waals surface area contributed by atoms with E-state index in [4.69, 9.17) is 23.1 Å². The van der Waals surface area contributed by atoms with E-state index in [2.05, 4.69) is 20.3 Å². The molecule has 0 bridgehead atoms. The van der Waals surface area contributed by atoms with E-state index >= 15 is 0 Å². The number of aromatic nitrogens is 2. The van der Waals surface area contributed by atoms with E-state index in [-0.39, 0.29) is 32.1 Å². The summed E-state index contributed by atoms with van der Waals surface area (Å²) in [6.07, 6.45) is -4.64. The van der Waals surface area contributed by atoms with Gasteiger partial charge in [0.05, 0.1) is 20.8 Å². The van der Waals surface area contributed by atoms with Gasteiger partial charge in [-0.3, -0.25) is 10.1 Å². The second kappa shape index (κ2) is 6.70. The lowest BCUT2D eigenvalue weighted by Crippen LogP contribution is -2.21. The van der Waals surface area contributed by atoms with Gasteiger partial charge in [-0.2, -0.15) is 18.2 Å². The summed E-state index contributed by atoms with van der Waals surface area (Å²) in [5, 5.41) is 3.52. The number of carbonyl (C=O) groups excluding carboxylic acids is 1.